The predicted octanol–water partition coefficient (Wildman–Crippen LogP) is 5.26. The molecule has 1 aromatic heterocycles. The van der Waals surface area contributed by atoms with Gasteiger partial charge in [-0.25, -0.2) is 19.5 Å². The number of benzene rings is 1. The molecule has 9 heteroatoms. The topological polar surface area (TPSA) is 100.0 Å². The van der Waals surface area contributed by atoms with Crippen molar-refractivity contribution in [3.63, 3.8) is 0 Å². The molecule has 9 nitrogen and oxygen atoms in total. The average Bonchev–Trinajstić information content (AvgIpc) is 3.28. The highest BCUT2D eigenvalue weighted by Crippen LogP contribution is 2.57. The van der Waals surface area contributed by atoms with E-state index in [1.165, 1.54) is 7.11 Å². The van der Waals surface area contributed by atoms with Gasteiger partial charge in [0.2, 0.25) is 0 Å². The second-order valence-corrected chi connectivity index (χ2v) is 11.1. The lowest BCUT2D eigenvalue weighted by Gasteiger charge is -2.28. The molecule has 2 aromatic rings. The quantitative estimate of drug-likeness (QED) is 0.379. The summed E-state index contributed by atoms with van der Waals surface area (Å²) in [6.45, 7) is 10.5. The zero-order valence-electron chi connectivity index (χ0n) is 22.2. The van der Waals surface area contributed by atoms with Gasteiger partial charge in [-0.1, -0.05) is 18.2 Å². The molecule has 1 fully saturated rings. The summed E-state index contributed by atoms with van der Waals surface area (Å²) >= 11 is 0. The lowest BCUT2D eigenvalue weighted by molar-refractivity contribution is -0.144. The van der Waals surface area contributed by atoms with Crippen molar-refractivity contribution >= 4 is 18.2 Å². The van der Waals surface area contributed by atoms with E-state index >= 15 is 0 Å². The molecule has 3 rings (SSSR count). The Balaban J connectivity index is 1.71. The van der Waals surface area contributed by atoms with Crippen LogP contribution in [0.5, 0.6) is 0 Å². The van der Waals surface area contributed by atoms with Crippen molar-refractivity contribution in [2.45, 2.75) is 77.4 Å². The Labute approximate surface area is 212 Å². The summed E-state index contributed by atoms with van der Waals surface area (Å²) < 4.78 is 17.9. The van der Waals surface area contributed by atoms with Crippen LogP contribution in [0, 0.1) is 5.92 Å². The van der Waals surface area contributed by atoms with Crippen LogP contribution in [0.15, 0.2) is 42.9 Å². The number of hydrogen-bond acceptors (Lipinski definition) is 7. The number of methoxy groups -OCH3 is 1. The first-order valence-electron chi connectivity index (χ1n) is 12.2. The first-order chi connectivity index (χ1) is 16.8. The van der Waals surface area contributed by atoms with E-state index in [0.717, 1.165) is 10.6 Å². The Morgan fingerprint density at radius 1 is 1.03 bits per heavy atom. The van der Waals surface area contributed by atoms with Gasteiger partial charge in [0.05, 0.1) is 19.1 Å². The molecule has 0 radical (unpaired) electrons. The Hall–Kier alpha value is -3.36. The van der Waals surface area contributed by atoms with Crippen LogP contribution < -0.4 is 0 Å². The number of nitrogens with zero attached hydrogens (tertiary/aromatic N) is 3. The summed E-state index contributed by atoms with van der Waals surface area (Å²) in [5.41, 5.74) is -0.757. The van der Waals surface area contributed by atoms with Crippen LogP contribution in [-0.2, 0) is 24.4 Å². The van der Waals surface area contributed by atoms with Crippen molar-refractivity contribution in [2.75, 3.05) is 13.7 Å². The number of amides is 2. The number of imidazole rings is 1. The van der Waals surface area contributed by atoms with Gasteiger partial charge in [0.25, 0.3) is 0 Å². The smallest absolute Gasteiger partial charge is 0.419 e. The Bertz CT molecular complexity index is 1050. The molecule has 0 bridgehead atoms. The summed E-state index contributed by atoms with van der Waals surface area (Å²) in [7, 11) is 1.38. The molecule has 0 aliphatic heterocycles. The fraction of sp³-hybridized carbons (Fsp3) is 0.556. The standard InChI is InChI=1S/C27H37N3O6/c1-25(2,3)35-23(32)30(24(33)36-26(4,5)6)15-11-12-19-16-27(19,22(31)34-7)21-17-29(18-28-21)20-13-9-8-10-14-20/h8-10,13-14,17-19H,11-12,15-16H2,1-7H3/t19-,27?/m0/s1. The van der Waals surface area contributed by atoms with Crippen molar-refractivity contribution in [1.29, 1.82) is 0 Å². The van der Waals surface area contributed by atoms with Crippen LogP contribution in [0.25, 0.3) is 5.69 Å². The minimum atomic E-state index is -0.836. The van der Waals surface area contributed by atoms with Crippen LogP contribution in [0.2, 0.25) is 0 Å². The van der Waals surface area contributed by atoms with Crippen molar-refractivity contribution in [3.05, 3.63) is 48.5 Å². The molecule has 2 atom stereocenters. The number of hydrogen-bond donors (Lipinski definition) is 0. The lowest BCUT2D eigenvalue weighted by Crippen LogP contribution is -2.44. The maximum Gasteiger partial charge on any atom is 0.419 e. The summed E-state index contributed by atoms with van der Waals surface area (Å²) in [6.07, 6.45) is 3.69. The molecule has 196 valence electrons. The molecule has 0 saturated heterocycles. The molecule has 0 N–H and O–H groups in total. The third-order valence-electron chi connectivity index (χ3n) is 5.91. The predicted molar refractivity (Wildman–Crippen MR) is 134 cm³/mol. The number of carbonyl (C=O) groups excluding carboxylic acids is 3. The van der Waals surface area contributed by atoms with E-state index in [1.807, 2.05) is 41.1 Å². The zero-order valence-corrected chi connectivity index (χ0v) is 22.2. The average molecular weight is 500 g/mol. The number of carbonyl (C=O) groups is 3. The van der Waals surface area contributed by atoms with Gasteiger partial charge in [0.1, 0.15) is 16.6 Å². The molecular formula is C27H37N3O6. The van der Waals surface area contributed by atoms with Gasteiger partial charge in [-0.15, -0.1) is 0 Å². The van der Waals surface area contributed by atoms with Gasteiger partial charge < -0.3 is 18.8 Å². The first-order valence-corrected chi connectivity index (χ1v) is 12.2. The van der Waals surface area contributed by atoms with Gasteiger partial charge >= 0.3 is 18.2 Å². The van der Waals surface area contributed by atoms with E-state index < -0.39 is 28.8 Å². The van der Waals surface area contributed by atoms with E-state index in [9.17, 15) is 14.4 Å². The molecule has 1 heterocycles. The first kappa shape index (κ1) is 27.2. The zero-order chi connectivity index (χ0) is 26.7. The SMILES string of the molecule is COC(=O)C1(c2cn(-c3ccccc3)cn2)C[C@@H]1CCCN(C(=O)OC(C)(C)C)C(=O)OC(C)(C)C. The third-order valence-corrected chi connectivity index (χ3v) is 5.91. The van der Waals surface area contributed by atoms with Crippen molar-refractivity contribution in [1.82, 2.24) is 14.5 Å². The minimum absolute atomic E-state index is 0.0248. The van der Waals surface area contributed by atoms with Gasteiger partial charge in [0, 0.05) is 18.4 Å². The van der Waals surface area contributed by atoms with Crippen molar-refractivity contribution in [3.8, 4) is 5.69 Å². The van der Waals surface area contributed by atoms with Gasteiger partial charge in [-0.05, 0) is 78.9 Å². The van der Waals surface area contributed by atoms with Crippen molar-refractivity contribution in [2.24, 2.45) is 5.92 Å². The number of para-hydroxylation sites is 1. The van der Waals surface area contributed by atoms with Crippen LogP contribution in [-0.4, -0.2) is 57.5 Å². The molecule has 1 unspecified atom stereocenters. The Morgan fingerprint density at radius 2 is 1.61 bits per heavy atom. The second-order valence-electron chi connectivity index (χ2n) is 11.1. The third kappa shape index (κ3) is 6.44. The lowest BCUT2D eigenvalue weighted by atomic mass is 9.97. The minimum Gasteiger partial charge on any atom is -0.468 e. The normalized spacial score (nSPS) is 19.4. The molecule has 36 heavy (non-hydrogen) atoms. The van der Waals surface area contributed by atoms with E-state index in [-0.39, 0.29) is 18.4 Å². The molecule has 1 aliphatic carbocycles. The Kier molecular flexibility index (Phi) is 7.81. The summed E-state index contributed by atoms with van der Waals surface area (Å²) in [4.78, 5) is 43.8. The summed E-state index contributed by atoms with van der Waals surface area (Å²) in [5, 5.41) is 0. The highest BCUT2D eigenvalue weighted by atomic mass is 16.6. The molecular weight excluding hydrogens is 462 g/mol. The van der Waals surface area contributed by atoms with Crippen LogP contribution in [0.4, 0.5) is 9.59 Å². The highest BCUT2D eigenvalue weighted by Gasteiger charge is 2.63. The van der Waals surface area contributed by atoms with Crippen LogP contribution in [0.3, 0.4) is 0 Å². The fourth-order valence-electron chi connectivity index (χ4n) is 4.21. The fourth-order valence-corrected chi connectivity index (χ4v) is 4.21. The maximum atomic E-state index is 12.8. The molecule has 1 aliphatic rings. The van der Waals surface area contributed by atoms with Crippen molar-refractivity contribution < 1.29 is 28.6 Å². The van der Waals surface area contributed by atoms with Crippen LogP contribution in [0.1, 0.15) is 66.5 Å². The number of imide groups is 1. The van der Waals surface area contributed by atoms with E-state index in [2.05, 4.69) is 4.98 Å². The summed E-state index contributed by atoms with van der Waals surface area (Å²) in [6, 6.07) is 9.73. The number of esters is 1. The van der Waals surface area contributed by atoms with Gasteiger partial charge in [0.15, 0.2) is 0 Å². The largest absolute Gasteiger partial charge is 0.468 e. The Morgan fingerprint density at radius 3 is 2.14 bits per heavy atom. The maximum absolute atomic E-state index is 12.8. The van der Waals surface area contributed by atoms with E-state index in [4.69, 9.17) is 14.2 Å². The van der Waals surface area contributed by atoms with Gasteiger partial charge in [-0.3, -0.25) is 4.79 Å². The second kappa shape index (κ2) is 10.3. The van der Waals surface area contributed by atoms with E-state index in [0.29, 0.717) is 25.0 Å². The molecule has 2 amide bonds. The van der Waals surface area contributed by atoms with Crippen LogP contribution >= 0.6 is 0 Å². The molecule has 0 spiro atoms. The summed E-state index contributed by atoms with van der Waals surface area (Å²) in [5.74, 6) is -0.356. The number of aromatic nitrogens is 2. The highest BCUT2D eigenvalue weighted by molar-refractivity contribution is 5.88. The molecule has 1 saturated carbocycles. The monoisotopic (exact) mass is 499 g/mol. The van der Waals surface area contributed by atoms with E-state index in [1.54, 1.807) is 47.9 Å². The molecule has 1 aromatic carbocycles. The number of ether oxygens (including phenoxy) is 3. The van der Waals surface area contributed by atoms with Gasteiger partial charge in [-0.2, -0.15) is 0 Å². The number of rotatable bonds is 7.